The first kappa shape index (κ1) is 34.8. The maximum atomic E-state index is 11.0. The number of unbranched alkanes of at least 4 members (excludes halogenated alkanes) is 1. The fourth-order valence-electron chi connectivity index (χ4n) is 5.74. The highest BCUT2D eigenvalue weighted by atomic mass is 31.2. The Morgan fingerprint density at radius 2 is 1.72 bits per heavy atom. The van der Waals surface area contributed by atoms with Crippen LogP contribution >= 0.6 is 8.53 Å². The van der Waals surface area contributed by atoms with E-state index in [9.17, 15) is 10.1 Å². The van der Waals surface area contributed by atoms with Crippen molar-refractivity contribution in [3.8, 4) is 5.75 Å². The number of nitro groups is 1. The Labute approximate surface area is 258 Å². The molecule has 0 aliphatic carbocycles. The second-order valence-electron chi connectivity index (χ2n) is 12.3. The van der Waals surface area contributed by atoms with Crippen molar-refractivity contribution in [3.63, 3.8) is 0 Å². The minimum absolute atomic E-state index is 0.0205. The summed E-state index contributed by atoms with van der Waals surface area (Å²) in [5.41, 5.74) is 3.55. The lowest BCUT2D eigenvalue weighted by molar-refractivity contribution is -0.384. The fraction of sp³-hybridized carbons (Fsp3) is 0.625. The zero-order valence-electron chi connectivity index (χ0n) is 27.4. The molecule has 1 aliphatic heterocycles. The molecule has 0 saturated heterocycles. The summed E-state index contributed by atoms with van der Waals surface area (Å²) < 4.78 is 20.6. The van der Waals surface area contributed by atoms with Gasteiger partial charge in [0.15, 0.2) is 0 Å². The number of rotatable bonds is 16. The normalized spacial score (nSPS) is 17.2. The molecule has 2 unspecified atom stereocenters. The van der Waals surface area contributed by atoms with Gasteiger partial charge in [0.1, 0.15) is 11.4 Å². The van der Waals surface area contributed by atoms with Crippen molar-refractivity contribution in [3.05, 3.63) is 52.1 Å². The van der Waals surface area contributed by atoms with Gasteiger partial charge in [0.05, 0.1) is 30.9 Å². The van der Waals surface area contributed by atoms with Gasteiger partial charge in [-0.1, -0.05) is 13.8 Å². The van der Waals surface area contributed by atoms with Gasteiger partial charge in [-0.2, -0.15) is 5.11 Å². The second-order valence-corrected chi connectivity index (χ2v) is 13.8. The average molecular weight is 616 g/mol. The molecule has 2 aromatic rings. The molecule has 238 valence electrons. The van der Waals surface area contributed by atoms with E-state index < -0.39 is 13.4 Å². The van der Waals surface area contributed by atoms with Crippen LogP contribution in [-0.4, -0.2) is 54.1 Å². The maximum Gasteiger partial charge on any atom is 0.269 e. The van der Waals surface area contributed by atoms with Crippen molar-refractivity contribution < 1.29 is 18.7 Å². The van der Waals surface area contributed by atoms with E-state index in [4.69, 9.17) is 13.8 Å². The summed E-state index contributed by atoms with van der Waals surface area (Å²) in [7, 11) is 0.552. The summed E-state index contributed by atoms with van der Waals surface area (Å²) in [6.45, 7) is 20.0. The van der Waals surface area contributed by atoms with Crippen molar-refractivity contribution in [2.24, 2.45) is 10.2 Å². The predicted molar refractivity (Wildman–Crippen MR) is 175 cm³/mol. The van der Waals surface area contributed by atoms with Crippen LogP contribution in [0, 0.1) is 10.1 Å². The molecule has 0 N–H and O–H groups in total. The Bertz CT molecular complexity index is 1210. The third kappa shape index (κ3) is 9.17. The first-order chi connectivity index (χ1) is 20.4. The summed E-state index contributed by atoms with van der Waals surface area (Å²) >= 11 is 0. The van der Waals surface area contributed by atoms with E-state index in [-0.39, 0.29) is 11.2 Å². The monoisotopic (exact) mass is 615 g/mol. The number of non-ortho nitro benzene ring substituents is 1. The molecular formula is C32H50N5O5P. The van der Waals surface area contributed by atoms with E-state index in [0.29, 0.717) is 48.3 Å². The standard InChI is InChI=1S/C32H50N5O5P/c1-10-18-41-43(36(23(2)3)24(4)5)42-19-12-11-17-35-30-21-31(40-9)29(20-28(30)25(6)22-32(35,7)8)34-33-26-13-15-27(16-14-26)37(38)39/h13-16,20-21,23-25H,10-12,17-19,22H2,1-9H3. The number of azo groups is 1. The van der Waals surface area contributed by atoms with Gasteiger partial charge in [-0.05, 0) is 96.9 Å². The summed E-state index contributed by atoms with van der Waals surface area (Å²) in [6.07, 6.45) is 3.91. The summed E-state index contributed by atoms with van der Waals surface area (Å²) in [6, 6.07) is 10.9. The van der Waals surface area contributed by atoms with Crippen LogP contribution in [0.1, 0.15) is 92.6 Å². The van der Waals surface area contributed by atoms with Crippen LogP contribution in [0.2, 0.25) is 0 Å². The SMILES string of the molecule is CCCOP(OCCCCN1c2cc(OC)c(N=Nc3ccc([N+](=O)[O-])cc3)cc2C(C)CC1(C)C)N(C(C)C)C(C)C. The first-order valence-corrected chi connectivity index (χ1v) is 16.5. The highest BCUT2D eigenvalue weighted by molar-refractivity contribution is 7.44. The van der Waals surface area contributed by atoms with Crippen LogP contribution in [0.15, 0.2) is 46.6 Å². The van der Waals surface area contributed by atoms with Gasteiger partial charge >= 0.3 is 0 Å². The van der Waals surface area contributed by atoms with E-state index in [0.717, 1.165) is 37.9 Å². The molecule has 0 saturated carbocycles. The predicted octanol–water partition coefficient (Wildman–Crippen LogP) is 9.68. The average Bonchev–Trinajstić information content (AvgIpc) is 2.94. The van der Waals surface area contributed by atoms with Gasteiger partial charge in [0.25, 0.3) is 14.2 Å². The Balaban J connectivity index is 1.74. The highest BCUT2D eigenvalue weighted by Crippen LogP contribution is 2.48. The number of methoxy groups -OCH3 is 1. The fourth-order valence-corrected chi connectivity index (χ4v) is 7.46. The number of nitrogens with zero attached hydrogens (tertiary/aromatic N) is 5. The minimum atomic E-state index is -1.09. The topological polar surface area (TPSA) is 102 Å². The Morgan fingerprint density at radius 3 is 2.30 bits per heavy atom. The second kappa shape index (κ2) is 15.9. The molecule has 0 aromatic heterocycles. The number of anilines is 1. The smallest absolute Gasteiger partial charge is 0.269 e. The van der Waals surface area contributed by atoms with Crippen LogP contribution in [0.4, 0.5) is 22.7 Å². The number of ether oxygens (including phenoxy) is 1. The number of benzene rings is 2. The van der Waals surface area contributed by atoms with E-state index in [2.05, 4.69) is 87.3 Å². The molecule has 3 rings (SSSR count). The van der Waals surface area contributed by atoms with Crippen LogP contribution < -0.4 is 9.64 Å². The molecule has 2 aromatic carbocycles. The number of nitro benzene ring substituents is 1. The number of fused-ring (bicyclic) bond motifs is 1. The van der Waals surface area contributed by atoms with Gasteiger partial charge in [-0.3, -0.25) is 10.1 Å². The molecular weight excluding hydrogens is 565 g/mol. The molecule has 0 fully saturated rings. The Hall–Kier alpha value is -2.65. The van der Waals surface area contributed by atoms with E-state index in [1.807, 2.05) is 0 Å². The molecule has 0 spiro atoms. The maximum absolute atomic E-state index is 11.0. The third-order valence-corrected chi connectivity index (χ3v) is 9.76. The van der Waals surface area contributed by atoms with Gasteiger partial charge in [-0.15, -0.1) is 5.11 Å². The van der Waals surface area contributed by atoms with E-state index >= 15 is 0 Å². The van der Waals surface area contributed by atoms with Crippen LogP contribution in [-0.2, 0) is 9.05 Å². The molecule has 1 aliphatic rings. The molecule has 43 heavy (non-hydrogen) atoms. The first-order valence-electron chi connectivity index (χ1n) is 15.4. The van der Waals surface area contributed by atoms with Gasteiger partial charge in [0.2, 0.25) is 0 Å². The summed E-state index contributed by atoms with van der Waals surface area (Å²) in [4.78, 5) is 13.0. The lowest BCUT2D eigenvalue weighted by Gasteiger charge is -2.48. The largest absolute Gasteiger partial charge is 0.494 e. The Morgan fingerprint density at radius 1 is 1.07 bits per heavy atom. The highest BCUT2D eigenvalue weighted by Gasteiger charge is 2.37. The lowest BCUT2D eigenvalue weighted by Crippen LogP contribution is -2.48. The van der Waals surface area contributed by atoms with Gasteiger partial charge in [-0.25, -0.2) is 4.67 Å². The van der Waals surface area contributed by atoms with Crippen molar-refractivity contribution in [2.45, 2.75) is 105 Å². The lowest BCUT2D eigenvalue weighted by atomic mass is 9.79. The van der Waals surface area contributed by atoms with Crippen LogP contribution in [0.3, 0.4) is 0 Å². The van der Waals surface area contributed by atoms with Crippen LogP contribution in [0.25, 0.3) is 0 Å². The van der Waals surface area contributed by atoms with Crippen molar-refractivity contribution in [1.29, 1.82) is 0 Å². The quantitative estimate of drug-likeness (QED) is 0.0609. The zero-order valence-corrected chi connectivity index (χ0v) is 28.3. The summed E-state index contributed by atoms with van der Waals surface area (Å²) in [5.74, 6) is 0.977. The molecule has 0 amide bonds. The number of hydrogen-bond acceptors (Lipinski definition) is 9. The Kier molecular flexibility index (Phi) is 12.9. The molecule has 0 bridgehead atoms. The zero-order chi connectivity index (χ0) is 31.7. The van der Waals surface area contributed by atoms with Crippen LogP contribution in [0.5, 0.6) is 5.75 Å². The van der Waals surface area contributed by atoms with E-state index in [1.54, 1.807) is 19.2 Å². The third-order valence-electron chi connectivity index (χ3n) is 7.65. The molecule has 11 heteroatoms. The molecule has 10 nitrogen and oxygen atoms in total. The van der Waals surface area contributed by atoms with Crippen molar-refractivity contribution in [1.82, 2.24) is 4.67 Å². The van der Waals surface area contributed by atoms with Gasteiger partial charge < -0.3 is 18.7 Å². The van der Waals surface area contributed by atoms with Crippen molar-refractivity contribution >= 4 is 31.3 Å². The molecule has 0 radical (unpaired) electrons. The summed E-state index contributed by atoms with van der Waals surface area (Å²) in [5, 5.41) is 19.8. The number of hydrogen-bond donors (Lipinski definition) is 0. The van der Waals surface area contributed by atoms with E-state index in [1.165, 1.54) is 17.7 Å². The van der Waals surface area contributed by atoms with Gasteiger partial charge in [0, 0.05) is 48.1 Å². The molecule has 1 heterocycles. The molecule has 2 atom stereocenters. The van der Waals surface area contributed by atoms with Crippen molar-refractivity contribution in [2.75, 3.05) is 31.8 Å². The minimum Gasteiger partial charge on any atom is -0.494 e.